The van der Waals surface area contributed by atoms with Crippen LogP contribution in [0.15, 0.2) is 11.4 Å². The van der Waals surface area contributed by atoms with Crippen molar-refractivity contribution in [2.45, 2.75) is 5.75 Å². The van der Waals surface area contributed by atoms with E-state index in [0.717, 1.165) is 8.45 Å². The number of halogens is 2. The van der Waals surface area contributed by atoms with Crippen LogP contribution in [0.5, 0.6) is 0 Å². The van der Waals surface area contributed by atoms with E-state index in [1.54, 1.807) is 0 Å². The van der Waals surface area contributed by atoms with E-state index in [0.29, 0.717) is 0 Å². The lowest BCUT2D eigenvalue weighted by Crippen LogP contribution is -1.93. The van der Waals surface area contributed by atoms with E-state index in [1.807, 2.05) is 11.4 Å². The summed E-state index contributed by atoms with van der Waals surface area (Å²) < 4.78 is 22.2. The molecule has 0 spiro atoms. The van der Waals surface area contributed by atoms with Crippen molar-refractivity contribution >= 4 is 53.7 Å². The van der Waals surface area contributed by atoms with Crippen molar-refractivity contribution in [3.05, 3.63) is 19.9 Å². The topological polar surface area (TPSA) is 34.1 Å². The molecule has 0 radical (unpaired) electrons. The third kappa shape index (κ3) is 3.27. The maximum absolute atomic E-state index is 10.6. The second-order valence-electron chi connectivity index (χ2n) is 1.87. The van der Waals surface area contributed by atoms with Gasteiger partial charge in [-0.05, 0) is 34.0 Å². The van der Waals surface area contributed by atoms with Gasteiger partial charge in [-0.25, -0.2) is 8.42 Å². The second-order valence-corrected chi connectivity index (χ2v) is 6.81. The number of rotatable bonds is 2. The molecule has 0 unspecified atom stereocenters. The minimum atomic E-state index is -3.39. The Balaban J connectivity index is 2.89. The first-order valence-corrected chi connectivity index (χ1v) is 7.07. The van der Waals surface area contributed by atoms with Crippen LogP contribution in [0.2, 0.25) is 0 Å². The largest absolute Gasteiger partial charge is 0.237 e. The van der Waals surface area contributed by atoms with Gasteiger partial charge < -0.3 is 0 Å². The molecule has 0 amide bonds. The quantitative estimate of drug-likeness (QED) is 0.619. The summed E-state index contributed by atoms with van der Waals surface area (Å²) in [6.45, 7) is 0. The minimum Gasteiger partial charge on any atom is -0.212 e. The van der Waals surface area contributed by atoms with E-state index in [-0.39, 0.29) is 5.75 Å². The van der Waals surface area contributed by atoms with Crippen LogP contribution in [0.25, 0.3) is 0 Å². The minimum absolute atomic E-state index is 0.0650. The van der Waals surface area contributed by atoms with Gasteiger partial charge in [-0.15, -0.1) is 11.3 Å². The van der Waals surface area contributed by atoms with Crippen LogP contribution in [-0.4, -0.2) is 8.42 Å². The van der Waals surface area contributed by atoms with Gasteiger partial charge in [-0.1, -0.05) is 0 Å². The van der Waals surface area contributed by atoms with Crippen LogP contribution in [0.4, 0.5) is 0 Å². The van der Waals surface area contributed by atoms with Crippen molar-refractivity contribution < 1.29 is 8.42 Å². The van der Waals surface area contributed by atoms with Crippen molar-refractivity contribution in [2.75, 3.05) is 0 Å². The molecule has 0 atom stereocenters. The highest BCUT2D eigenvalue weighted by Gasteiger charge is 2.10. The molecular formula is C5H4ClIO2S2. The van der Waals surface area contributed by atoms with Crippen molar-refractivity contribution in [3.8, 4) is 0 Å². The lowest BCUT2D eigenvalue weighted by atomic mass is 10.5. The maximum atomic E-state index is 10.6. The fourth-order valence-corrected chi connectivity index (χ4v) is 4.12. The molecule has 6 heteroatoms. The van der Waals surface area contributed by atoms with E-state index in [9.17, 15) is 8.42 Å². The van der Waals surface area contributed by atoms with E-state index < -0.39 is 9.05 Å². The Morgan fingerprint density at radius 1 is 1.64 bits per heavy atom. The predicted octanol–water partition coefficient (Wildman–Crippen LogP) is 2.42. The maximum Gasteiger partial charge on any atom is 0.237 e. The van der Waals surface area contributed by atoms with Gasteiger partial charge in [0.1, 0.15) is 5.75 Å². The van der Waals surface area contributed by atoms with E-state index in [4.69, 9.17) is 10.7 Å². The van der Waals surface area contributed by atoms with Crippen LogP contribution in [0.3, 0.4) is 0 Å². The zero-order valence-corrected chi connectivity index (χ0v) is 9.80. The Morgan fingerprint density at radius 2 is 2.27 bits per heavy atom. The molecule has 0 N–H and O–H groups in total. The SMILES string of the molecule is O=S(=O)(Cl)Cc1sccc1I. The van der Waals surface area contributed by atoms with Crippen molar-refractivity contribution in [3.63, 3.8) is 0 Å². The molecule has 1 aromatic heterocycles. The first-order chi connectivity index (χ1) is 4.99. The van der Waals surface area contributed by atoms with Gasteiger partial charge >= 0.3 is 0 Å². The lowest BCUT2D eigenvalue weighted by Gasteiger charge is -1.92. The van der Waals surface area contributed by atoms with Gasteiger partial charge in [-0.3, -0.25) is 0 Å². The molecule has 0 saturated heterocycles. The summed E-state index contributed by atoms with van der Waals surface area (Å²) in [5.41, 5.74) is 0. The smallest absolute Gasteiger partial charge is 0.212 e. The van der Waals surface area contributed by atoms with Gasteiger partial charge in [0.15, 0.2) is 0 Å². The molecule has 11 heavy (non-hydrogen) atoms. The molecule has 0 aliphatic heterocycles. The van der Waals surface area contributed by atoms with E-state index in [2.05, 4.69) is 22.6 Å². The first-order valence-electron chi connectivity index (χ1n) is 2.63. The van der Waals surface area contributed by atoms with Gasteiger partial charge in [0.25, 0.3) is 0 Å². The highest BCUT2D eigenvalue weighted by atomic mass is 127. The molecule has 2 nitrogen and oxygen atoms in total. The van der Waals surface area contributed by atoms with Gasteiger partial charge in [0.2, 0.25) is 9.05 Å². The predicted molar refractivity (Wildman–Crippen MR) is 55.5 cm³/mol. The summed E-state index contributed by atoms with van der Waals surface area (Å²) in [6, 6.07) is 1.86. The van der Waals surface area contributed by atoms with Gasteiger partial charge in [-0.2, -0.15) is 0 Å². The third-order valence-corrected chi connectivity index (χ3v) is 4.44. The summed E-state index contributed by atoms with van der Waals surface area (Å²) in [5.74, 6) is -0.0650. The summed E-state index contributed by atoms with van der Waals surface area (Å²) in [5, 5.41) is 1.85. The Morgan fingerprint density at radius 3 is 2.64 bits per heavy atom. The highest BCUT2D eigenvalue weighted by molar-refractivity contribution is 14.1. The molecule has 0 aliphatic carbocycles. The molecule has 0 fully saturated rings. The Hall–Kier alpha value is 0.670. The zero-order chi connectivity index (χ0) is 8.48. The fourth-order valence-electron chi connectivity index (χ4n) is 0.585. The van der Waals surface area contributed by atoms with E-state index in [1.165, 1.54) is 11.3 Å². The second kappa shape index (κ2) is 3.59. The first kappa shape index (κ1) is 9.76. The summed E-state index contributed by atoms with van der Waals surface area (Å²) in [7, 11) is 1.68. The van der Waals surface area contributed by atoms with Crippen LogP contribution < -0.4 is 0 Å². The number of thiophene rings is 1. The van der Waals surface area contributed by atoms with Gasteiger partial charge in [0.05, 0.1) is 0 Å². The van der Waals surface area contributed by atoms with Crippen molar-refractivity contribution in [2.24, 2.45) is 0 Å². The van der Waals surface area contributed by atoms with Crippen LogP contribution in [0.1, 0.15) is 4.88 Å². The Labute approximate surface area is 87.1 Å². The third-order valence-electron chi connectivity index (χ3n) is 0.995. The van der Waals surface area contributed by atoms with E-state index >= 15 is 0 Å². The Bertz CT molecular complexity index is 343. The van der Waals surface area contributed by atoms with Crippen LogP contribution in [0, 0.1) is 3.57 Å². The standard InChI is InChI=1S/C5H4ClIO2S2/c6-11(8,9)3-5-4(7)1-2-10-5/h1-2H,3H2. The molecule has 0 aliphatic rings. The molecular weight excluding hydrogens is 319 g/mol. The molecule has 0 aromatic carbocycles. The van der Waals surface area contributed by atoms with Crippen molar-refractivity contribution in [1.29, 1.82) is 0 Å². The summed E-state index contributed by atoms with van der Waals surface area (Å²) in [6.07, 6.45) is 0. The normalized spacial score (nSPS) is 11.8. The molecule has 0 bridgehead atoms. The van der Waals surface area contributed by atoms with Crippen LogP contribution >= 0.6 is 44.6 Å². The molecule has 62 valence electrons. The molecule has 1 heterocycles. The fraction of sp³-hybridized carbons (Fsp3) is 0.200. The van der Waals surface area contributed by atoms with Crippen molar-refractivity contribution in [1.82, 2.24) is 0 Å². The number of hydrogen-bond acceptors (Lipinski definition) is 3. The van der Waals surface area contributed by atoms with Gasteiger partial charge in [0, 0.05) is 19.1 Å². The summed E-state index contributed by atoms with van der Waals surface area (Å²) >= 11 is 3.49. The molecule has 0 saturated carbocycles. The van der Waals surface area contributed by atoms with Crippen LogP contribution in [-0.2, 0) is 14.8 Å². The average Bonchev–Trinajstić information content (AvgIpc) is 2.12. The number of hydrogen-bond donors (Lipinski definition) is 0. The lowest BCUT2D eigenvalue weighted by molar-refractivity contribution is 0.609. The monoisotopic (exact) mass is 322 g/mol. The average molecular weight is 323 g/mol. The zero-order valence-electron chi connectivity index (χ0n) is 5.25. The highest BCUT2D eigenvalue weighted by Crippen LogP contribution is 2.22. The molecule has 1 rings (SSSR count). The summed E-state index contributed by atoms with van der Waals surface area (Å²) in [4.78, 5) is 0.806. The molecule has 1 aromatic rings. The Kier molecular flexibility index (Phi) is 3.18.